The first-order valence-electron chi connectivity index (χ1n) is 5.94. The van der Waals surface area contributed by atoms with Gasteiger partial charge in [-0.1, -0.05) is 23.4 Å². The molecule has 0 fully saturated rings. The van der Waals surface area contributed by atoms with Gasteiger partial charge in [-0.2, -0.15) is 11.3 Å². The molecule has 2 rings (SSSR count). The first kappa shape index (κ1) is 14.6. The van der Waals surface area contributed by atoms with Crippen LogP contribution in [-0.2, 0) is 0 Å². The van der Waals surface area contributed by atoms with Crippen molar-refractivity contribution in [2.75, 3.05) is 11.9 Å². The minimum absolute atomic E-state index is 0.135. The van der Waals surface area contributed by atoms with Crippen molar-refractivity contribution in [1.29, 1.82) is 0 Å². The quantitative estimate of drug-likeness (QED) is 0.837. The predicted molar refractivity (Wildman–Crippen MR) is 84.4 cm³/mol. The number of aryl methyl sites for hydroxylation is 1. The molecule has 0 aliphatic heterocycles. The van der Waals surface area contributed by atoms with Gasteiger partial charge in [0.2, 0.25) is 0 Å². The smallest absolute Gasteiger partial charge is 0.256 e. The van der Waals surface area contributed by atoms with Crippen molar-refractivity contribution in [3.8, 4) is 11.8 Å². The van der Waals surface area contributed by atoms with Crippen LogP contribution in [0.25, 0.3) is 0 Å². The second kappa shape index (κ2) is 6.58. The summed E-state index contributed by atoms with van der Waals surface area (Å²) in [5.41, 5.74) is 8.29. The molecule has 2 aromatic rings. The van der Waals surface area contributed by atoms with Gasteiger partial charge in [0, 0.05) is 16.6 Å². The summed E-state index contributed by atoms with van der Waals surface area (Å²) >= 11 is 7.54. The molecule has 0 radical (unpaired) electrons. The van der Waals surface area contributed by atoms with Crippen molar-refractivity contribution in [2.24, 2.45) is 5.73 Å². The van der Waals surface area contributed by atoms with Gasteiger partial charge in [0.1, 0.15) is 0 Å². The van der Waals surface area contributed by atoms with Gasteiger partial charge in [-0.25, -0.2) is 0 Å². The van der Waals surface area contributed by atoms with Crippen molar-refractivity contribution in [2.45, 2.75) is 6.92 Å². The van der Waals surface area contributed by atoms with Crippen LogP contribution in [0.5, 0.6) is 0 Å². The lowest BCUT2D eigenvalue weighted by Crippen LogP contribution is -2.12. The highest BCUT2D eigenvalue weighted by atomic mass is 35.5. The van der Waals surface area contributed by atoms with E-state index < -0.39 is 0 Å². The maximum Gasteiger partial charge on any atom is 0.256 e. The van der Waals surface area contributed by atoms with E-state index in [9.17, 15) is 4.79 Å². The van der Waals surface area contributed by atoms with E-state index in [1.54, 1.807) is 18.2 Å². The Morgan fingerprint density at radius 3 is 2.90 bits per heavy atom. The normalized spacial score (nSPS) is 9.75. The molecule has 1 heterocycles. The zero-order valence-electron chi connectivity index (χ0n) is 10.9. The summed E-state index contributed by atoms with van der Waals surface area (Å²) in [6.45, 7) is 2.17. The van der Waals surface area contributed by atoms with Crippen molar-refractivity contribution < 1.29 is 4.79 Å². The summed E-state index contributed by atoms with van der Waals surface area (Å²) in [4.78, 5) is 12.1. The number of benzene rings is 1. The molecule has 0 aliphatic rings. The SMILES string of the molecule is Cc1cscc1C(=O)Nc1ccc(Cl)c(C#CCN)c1. The summed E-state index contributed by atoms with van der Waals surface area (Å²) in [5, 5.41) is 7.15. The summed E-state index contributed by atoms with van der Waals surface area (Å²) < 4.78 is 0. The number of rotatable bonds is 2. The fourth-order valence-electron chi connectivity index (χ4n) is 1.64. The topological polar surface area (TPSA) is 55.1 Å². The minimum atomic E-state index is -0.135. The van der Waals surface area contributed by atoms with Crippen LogP contribution in [0.1, 0.15) is 21.5 Å². The molecule has 0 aliphatic carbocycles. The Kier molecular flexibility index (Phi) is 4.80. The molecule has 20 heavy (non-hydrogen) atoms. The molecule has 1 aromatic heterocycles. The van der Waals surface area contributed by atoms with Gasteiger partial charge < -0.3 is 11.1 Å². The summed E-state index contributed by atoms with van der Waals surface area (Å²) in [5.74, 6) is 5.49. The molecular formula is C15H13ClN2OS. The number of carbonyl (C=O) groups is 1. The van der Waals surface area contributed by atoms with Crippen LogP contribution in [0, 0.1) is 18.8 Å². The van der Waals surface area contributed by atoms with Gasteiger partial charge in [0.25, 0.3) is 5.91 Å². The fraction of sp³-hybridized carbons (Fsp3) is 0.133. The van der Waals surface area contributed by atoms with Gasteiger partial charge in [0.15, 0.2) is 0 Å². The van der Waals surface area contributed by atoms with Crippen molar-refractivity contribution in [3.63, 3.8) is 0 Å². The third-order valence-corrected chi connectivity index (χ3v) is 3.84. The van der Waals surface area contributed by atoms with Gasteiger partial charge in [-0.3, -0.25) is 4.79 Å². The summed E-state index contributed by atoms with van der Waals surface area (Å²) in [6, 6.07) is 5.19. The minimum Gasteiger partial charge on any atom is -0.322 e. The first-order chi connectivity index (χ1) is 9.61. The van der Waals surface area contributed by atoms with Crippen molar-refractivity contribution in [3.05, 3.63) is 50.7 Å². The fourth-order valence-corrected chi connectivity index (χ4v) is 2.63. The van der Waals surface area contributed by atoms with Gasteiger partial charge in [-0.15, -0.1) is 0 Å². The maximum absolute atomic E-state index is 12.1. The van der Waals surface area contributed by atoms with Gasteiger partial charge in [0.05, 0.1) is 17.1 Å². The van der Waals surface area contributed by atoms with Crippen LogP contribution < -0.4 is 11.1 Å². The Balaban J connectivity index is 2.22. The van der Waals surface area contributed by atoms with Crippen LogP contribution in [0.4, 0.5) is 5.69 Å². The molecule has 0 bridgehead atoms. The molecule has 1 amide bonds. The highest BCUT2D eigenvalue weighted by Gasteiger charge is 2.10. The van der Waals surface area contributed by atoms with Crippen molar-refractivity contribution in [1.82, 2.24) is 0 Å². The number of anilines is 1. The number of nitrogens with one attached hydrogen (secondary N) is 1. The zero-order valence-corrected chi connectivity index (χ0v) is 12.4. The monoisotopic (exact) mass is 304 g/mol. The number of hydrogen-bond acceptors (Lipinski definition) is 3. The van der Waals surface area contributed by atoms with E-state index in [1.165, 1.54) is 11.3 Å². The van der Waals surface area contributed by atoms with Crippen molar-refractivity contribution >= 4 is 34.5 Å². The number of carbonyl (C=O) groups excluding carboxylic acids is 1. The van der Waals surface area contributed by atoms with E-state index in [0.717, 1.165) is 5.56 Å². The molecule has 102 valence electrons. The number of amides is 1. The van der Waals surface area contributed by atoms with Crippen LogP contribution in [-0.4, -0.2) is 12.5 Å². The third kappa shape index (κ3) is 3.40. The van der Waals surface area contributed by atoms with Crippen LogP contribution >= 0.6 is 22.9 Å². The standard InChI is InChI=1S/C15H13ClN2OS/c1-10-8-20-9-13(10)15(19)18-12-4-5-14(16)11(7-12)3-2-6-17/h4-5,7-9H,6,17H2,1H3,(H,18,19). The largest absolute Gasteiger partial charge is 0.322 e. The van der Waals surface area contributed by atoms with Crippen LogP contribution in [0.15, 0.2) is 29.0 Å². The Morgan fingerprint density at radius 1 is 1.45 bits per heavy atom. The third-order valence-electron chi connectivity index (χ3n) is 2.65. The number of nitrogens with two attached hydrogens (primary N) is 1. The van der Waals surface area contributed by atoms with Crippen LogP contribution in [0.2, 0.25) is 5.02 Å². The predicted octanol–water partition coefficient (Wildman–Crippen LogP) is 3.27. The van der Waals surface area contributed by atoms with E-state index in [0.29, 0.717) is 21.8 Å². The lowest BCUT2D eigenvalue weighted by atomic mass is 10.1. The lowest BCUT2D eigenvalue weighted by Gasteiger charge is -2.06. The lowest BCUT2D eigenvalue weighted by molar-refractivity contribution is 0.102. The molecule has 0 saturated heterocycles. The molecule has 0 saturated carbocycles. The summed E-state index contributed by atoms with van der Waals surface area (Å²) in [7, 11) is 0. The van der Waals surface area contributed by atoms with E-state index in [-0.39, 0.29) is 12.5 Å². The first-order valence-corrected chi connectivity index (χ1v) is 7.26. The molecule has 0 unspecified atom stereocenters. The molecule has 1 aromatic carbocycles. The molecule has 0 spiro atoms. The van der Waals surface area contributed by atoms with E-state index in [2.05, 4.69) is 17.2 Å². The molecular weight excluding hydrogens is 292 g/mol. The Hall–Kier alpha value is -1.80. The summed E-state index contributed by atoms with van der Waals surface area (Å²) in [6.07, 6.45) is 0. The van der Waals surface area contributed by atoms with E-state index >= 15 is 0 Å². The average molecular weight is 305 g/mol. The highest BCUT2D eigenvalue weighted by Crippen LogP contribution is 2.21. The molecule has 0 atom stereocenters. The van der Waals surface area contributed by atoms with E-state index in [4.69, 9.17) is 17.3 Å². The van der Waals surface area contributed by atoms with Gasteiger partial charge >= 0.3 is 0 Å². The highest BCUT2D eigenvalue weighted by molar-refractivity contribution is 7.08. The Morgan fingerprint density at radius 2 is 2.25 bits per heavy atom. The number of halogens is 1. The second-order valence-electron chi connectivity index (χ2n) is 4.12. The molecule has 5 heteroatoms. The van der Waals surface area contributed by atoms with Gasteiger partial charge in [-0.05, 0) is 36.1 Å². The Labute approximate surface area is 126 Å². The number of hydrogen-bond donors (Lipinski definition) is 2. The average Bonchev–Trinajstić information content (AvgIpc) is 2.85. The number of thiophene rings is 1. The van der Waals surface area contributed by atoms with E-state index in [1.807, 2.05) is 17.7 Å². The van der Waals surface area contributed by atoms with Crippen LogP contribution in [0.3, 0.4) is 0 Å². The zero-order chi connectivity index (χ0) is 14.5. The second-order valence-corrected chi connectivity index (χ2v) is 5.27. The molecule has 3 nitrogen and oxygen atoms in total. The Bertz CT molecular complexity index is 697. The molecule has 3 N–H and O–H groups in total. The maximum atomic E-state index is 12.1.